The third-order valence-corrected chi connectivity index (χ3v) is 9.73. The number of fused-ring (bicyclic) bond motifs is 4. The summed E-state index contributed by atoms with van der Waals surface area (Å²) >= 11 is 0. The van der Waals surface area contributed by atoms with Crippen molar-refractivity contribution < 1.29 is 23.7 Å². The van der Waals surface area contributed by atoms with Crippen molar-refractivity contribution in [2.24, 2.45) is 17.8 Å². The van der Waals surface area contributed by atoms with Gasteiger partial charge in [0.1, 0.15) is 0 Å². The Kier molecular flexibility index (Phi) is 9.03. The molecule has 0 aromatic heterocycles. The van der Waals surface area contributed by atoms with Gasteiger partial charge in [-0.2, -0.15) is 0 Å². The summed E-state index contributed by atoms with van der Waals surface area (Å²) in [7, 11) is 6.81. The molecule has 7 heteroatoms. The predicted octanol–water partition coefficient (Wildman–Crippen LogP) is 6.23. The van der Waals surface area contributed by atoms with Gasteiger partial charge >= 0.3 is 0 Å². The van der Waals surface area contributed by atoms with Crippen LogP contribution in [0.2, 0.25) is 0 Å². The van der Waals surface area contributed by atoms with E-state index >= 15 is 0 Å². The minimum absolute atomic E-state index is 0.0314. The molecule has 0 radical (unpaired) electrons. The number of benzene rings is 2. The molecule has 5 rings (SSSR count). The molecule has 4 unspecified atom stereocenters. The van der Waals surface area contributed by atoms with E-state index in [1.807, 2.05) is 0 Å². The van der Waals surface area contributed by atoms with E-state index in [2.05, 4.69) is 54.8 Å². The van der Waals surface area contributed by atoms with Crippen molar-refractivity contribution in [3.05, 3.63) is 46.5 Å². The summed E-state index contributed by atoms with van der Waals surface area (Å²) < 4.78 is 22.7. The highest BCUT2D eigenvalue weighted by atomic mass is 16.5. The van der Waals surface area contributed by atoms with Gasteiger partial charge in [-0.25, -0.2) is 0 Å². The van der Waals surface area contributed by atoms with Crippen molar-refractivity contribution in [2.75, 3.05) is 48.1 Å². The highest BCUT2D eigenvalue weighted by molar-refractivity contribution is 5.77. The van der Waals surface area contributed by atoms with E-state index in [0.29, 0.717) is 30.2 Å². The molecule has 0 bridgehead atoms. The van der Waals surface area contributed by atoms with Gasteiger partial charge in [-0.15, -0.1) is 0 Å². The molecular formula is C34H48N2O5. The summed E-state index contributed by atoms with van der Waals surface area (Å²) in [5, 5.41) is 0. The van der Waals surface area contributed by atoms with E-state index in [0.717, 1.165) is 74.7 Å². The number of amides is 1. The first-order valence-corrected chi connectivity index (χ1v) is 15.3. The van der Waals surface area contributed by atoms with E-state index in [4.69, 9.17) is 18.9 Å². The molecule has 0 saturated carbocycles. The summed E-state index contributed by atoms with van der Waals surface area (Å²) in [6.07, 6.45) is 5.61. The van der Waals surface area contributed by atoms with Crippen molar-refractivity contribution in [1.82, 2.24) is 9.80 Å². The van der Waals surface area contributed by atoms with Crippen LogP contribution in [0, 0.1) is 17.8 Å². The Balaban J connectivity index is 1.51. The maximum absolute atomic E-state index is 13.7. The van der Waals surface area contributed by atoms with Crippen molar-refractivity contribution in [2.45, 2.75) is 71.4 Å². The quantitative estimate of drug-likeness (QED) is 0.360. The maximum Gasteiger partial charge on any atom is 0.223 e. The zero-order valence-electron chi connectivity index (χ0n) is 26.0. The van der Waals surface area contributed by atoms with Gasteiger partial charge in [0, 0.05) is 32.1 Å². The van der Waals surface area contributed by atoms with Crippen LogP contribution in [0.1, 0.15) is 80.8 Å². The molecule has 7 nitrogen and oxygen atoms in total. The Bertz CT molecular complexity index is 1240. The first kappa shape index (κ1) is 29.6. The van der Waals surface area contributed by atoms with Crippen LogP contribution in [0.15, 0.2) is 24.3 Å². The second-order valence-electron chi connectivity index (χ2n) is 12.4. The first-order valence-electron chi connectivity index (χ1n) is 15.3. The molecule has 3 aliphatic rings. The molecule has 0 aliphatic carbocycles. The van der Waals surface area contributed by atoms with Crippen LogP contribution >= 0.6 is 0 Å². The summed E-state index contributed by atoms with van der Waals surface area (Å²) in [5.74, 6) is 4.76. The Morgan fingerprint density at radius 3 is 1.98 bits per heavy atom. The number of methoxy groups -OCH3 is 4. The molecule has 1 amide bonds. The van der Waals surface area contributed by atoms with Gasteiger partial charge in [0.25, 0.3) is 0 Å². The lowest BCUT2D eigenvalue weighted by Crippen LogP contribution is -2.47. The highest BCUT2D eigenvalue weighted by Gasteiger charge is 2.42. The Morgan fingerprint density at radius 2 is 1.39 bits per heavy atom. The number of piperidine rings is 1. The number of carbonyl (C=O) groups excluding carboxylic acids is 1. The molecule has 1 saturated heterocycles. The molecule has 3 heterocycles. The largest absolute Gasteiger partial charge is 0.493 e. The normalized spacial score (nSPS) is 23.9. The maximum atomic E-state index is 13.7. The van der Waals surface area contributed by atoms with Gasteiger partial charge < -0.3 is 23.8 Å². The van der Waals surface area contributed by atoms with Gasteiger partial charge in [0.05, 0.1) is 34.5 Å². The molecule has 1 fully saturated rings. The fraction of sp³-hybridized carbons (Fsp3) is 0.618. The number of nitrogens with zero attached hydrogens (tertiary/aromatic N) is 2. The molecule has 3 aliphatic heterocycles. The van der Waals surface area contributed by atoms with Crippen molar-refractivity contribution in [3.63, 3.8) is 0 Å². The Labute approximate surface area is 246 Å². The van der Waals surface area contributed by atoms with Gasteiger partial charge in [-0.1, -0.05) is 27.2 Å². The second kappa shape index (κ2) is 12.5. The molecular weight excluding hydrogens is 516 g/mol. The number of hydrogen-bond acceptors (Lipinski definition) is 6. The second-order valence-corrected chi connectivity index (χ2v) is 12.4. The number of rotatable bonds is 9. The minimum atomic E-state index is 0.0314. The van der Waals surface area contributed by atoms with Gasteiger partial charge in [-0.05, 0) is 90.0 Å². The summed E-state index contributed by atoms with van der Waals surface area (Å²) in [6, 6.07) is 9.03. The average Bonchev–Trinajstić information content (AvgIpc) is 2.98. The number of carbonyl (C=O) groups is 1. The molecule has 0 spiro atoms. The molecule has 2 aromatic rings. The van der Waals surface area contributed by atoms with E-state index in [1.54, 1.807) is 28.4 Å². The van der Waals surface area contributed by atoms with Gasteiger partial charge in [-0.3, -0.25) is 9.69 Å². The van der Waals surface area contributed by atoms with Crippen LogP contribution in [0.25, 0.3) is 0 Å². The zero-order valence-corrected chi connectivity index (χ0v) is 26.0. The third-order valence-electron chi connectivity index (χ3n) is 9.73. The van der Waals surface area contributed by atoms with Crippen molar-refractivity contribution in [3.8, 4) is 23.0 Å². The third kappa shape index (κ3) is 5.75. The number of ether oxygens (including phenoxy) is 4. The Hall–Kier alpha value is -2.93. The van der Waals surface area contributed by atoms with Crippen LogP contribution < -0.4 is 18.9 Å². The summed E-state index contributed by atoms with van der Waals surface area (Å²) in [6.45, 7) is 9.49. The fourth-order valence-corrected chi connectivity index (χ4v) is 7.59. The molecule has 224 valence electrons. The smallest absolute Gasteiger partial charge is 0.223 e. The predicted molar refractivity (Wildman–Crippen MR) is 161 cm³/mol. The molecule has 0 N–H and O–H groups in total. The lowest BCUT2D eigenvalue weighted by atomic mass is 9.72. The van der Waals surface area contributed by atoms with E-state index in [1.165, 1.54) is 22.3 Å². The average molecular weight is 565 g/mol. The fourth-order valence-electron chi connectivity index (χ4n) is 7.59. The summed E-state index contributed by atoms with van der Waals surface area (Å²) in [4.78, 5) is 18.5. The Morgan fingerprint density at radius 1 is 0.829 bits per heavy atom. The topological polar surface area (TPSA) is 60.5 Å². The minimum Gasteiger partial charge on any atom is -0.493 e. The van der Waals surface area contributed by atoms with Crippen LogP contribution in [-0.4, -0.2) is 63.8 Å². The van der Waals surface area contributed by atoms with Gasteiger partial charge in [0.2, 0.25) is 5.91 Å². The van der Waals surface area contributed by atoms with E-state index < -0.39 is 0 Å². The monoisotopic (exact) mass is 564 g/mol. The molecule has 41 heavy (non-hydrogen) atoms. The van der Waals surface area contributed by atoms with Crippen LogP contribution in [0.3, 0.4) is 0 Å². The van der Waals surface area contributed by atoms with Crippen LogP contribution in [0.4, 0.5) is 0 Å². The van der Waals surface area contributed by atoms with Crippen LogP contribution in [-0.2, 0) is 17.6 Å². The van der Waals surface area contributed by atoms with Gasteiger partial charge in [0.15, 0.2) is 23.0 Å². The SMILES string of the molecule is CCC1CN2CCc3cc(OC)c(OC)cc3C2CC1CC1c2cc(OC)c(OC)cc2CCN1C(=O)CC(C)C. The van der Waals surface area contributed by atoms with E-state index in [-0.39, 0.29) is 11.9 Å². The van der Waals surface area contributed by atoms with Crippen LogP contribution in [0.5, 0.6) is 23.0 Å². The summed E-state index contributed by atoms with van der Waals surface area (Å²) in [5.41, 5.74) is 5.23. The van der Waals surface area contributed by atoms with Crippen molar-refractivity contribution >= 4 is 5.91 Å². The standard InChI is InChI=1S/C34H48N2O5/c1-8-22-20-35-11-9-23-16-30(38-4)32(40-6)18-26(23)28(35)14-25(22)15-29-27-19-33(41-7)31(39-5)17-24(27)10-12-36(29)34(37)13-21(2)3/h16-19,21-22,25,28-29H,8-15,20H2,1-7H3. The zero-order chi connectivity index (χ0) is 29.3. The lowest BCUT2D eigenvalue weighted by Gasteiger charge is -2.49. The van der Waals surface area contributed by atoms with Crippen molar-refractivity contribution in [1.29, 1.82) is 0 Å². The van der Waals surface area contributed by atoms with E-state index in [9.17, 15) is 4.79 Å². The molecule has 4 atom stereocenters. The first-order chi connectivity index (χ1) is 19.8. The molecule has 2 aromatic carbocycles. The lowest BCUT2D eigenvalue weighted by molar-refractivity contribution is -0.135. The number of hydrogen-bond donors (Lipinski definition) is 0. The highest BCUT2D eigenvalue weighted by Crippen LogP contribution is 2.49.